The molecule has 0 radical (unpaired) electrons. The maximum atomic E-state index is 12.0. The quantitative estimate of drug-likeness (QED) is 0.370. The molecule has 0 spiro atoms. The monoisotopic (exact) mass is 349 g/mol. The van der Waals surface area contributed by atoms with Crippen molar-refractivity contribution in [3.63, 3.8) is 0 Å². The highest BCUT2D eigenvalue weighted by Crippen LogP contribution is 2.31. The summed E-state index contributed by atoms with van der Waals surface area (Å²) in [6, 6.07) is 4.92. The molecule has 0 aliphatic carbocycles. The number of nitrogens with two attached hydrogens (primary N) is 1. The van der Waals surface area contributed by atoms with Crippen molar-refractivity contribution >= 4 is 44.7 Å². The molecular weight excluding hydrogens is 334 g/mol. The van der Waals surface area contributed by atoms with Gasteiger partial charge < -0.3 is 15.8 Å². The summed E-state index contributed by atoms with van der Waals surface area (Å²) in [6.45, 7) is 0.565. The zero-order valence-electron chi connectivity index (χ0n) is 11.4. The van der Waals surface area contributed by atoms with E-state index in [1.807, 2.05) is 0 Å². The molecule has 1 aromatic carbocycles. The molecule has 2 rings (SSSR count). The maximum absolute atomic E-state index is 12.0. The number of nitrogens with zero attached hydrogens (tertiary/aromatic N) is 2. The van der Waals surface area contributed by atoms with Crippen molar-refractivity contribution < 1.29 is 13.6 Å². The Bertz CT molecular complexity index is 664. The van der Waals surface area contributed by atoms with Crippen molar-refractivity contribution in [1.29, 1.82) is 0 Å². The second kappa shape index (κ2) is 6.33. The molecule has 1 unspecified atom stereocenters. The van der Waals surface area contributed by atoms with E-state index in [-0.39, 0.29) is 5.84 Å². The van der Waals surface area contributed by atoms with Gasteiger partial charge in [0, 0.05) is 40.6 Å². The first-order valence-corrected chi connectivity index (χ1v) is 9.64. The van der Waals surface area contributed by atoms with E-state index in [0.29, 0.717) is 28.6 Å². The Morgan fingerprint density at radius 3 is 2.90 bits per heavy atom. The molecule has 116 valence electrons. The third-order valence-electron chi connectivity index (χ3n) is 3.23. The number of amidine groups is 1. The Hall–Kier alpha value is -1.12. The molecule has 21 heavy (non-hydrogen) atoms. The van der Waals surface area contributed by atoms with Gasteiger partial charge in [-0.25, -0.2) is 8.42 Å². The van der Waals surface area contributed by atoms with Gasteiger partial charge >= 0.3 is 0 Å². The number of hydrogen-bond acceptors (Lipinski definition) is 6. The standard InChI is InChI=1S/C12H16ClN3O3S2/c1-21(18,19)11-7-20-5-4-16(11)10-3-2-8(13)6-9(10)12(14)15-17/h2-3,6,11,17H,4-5,7H2,1H3,(H2,14,15). The molecule has 1 heterocycles. The SMILES string of the molecule is CS(=O)(=O)C1CSCCN1c1ccc(Cl)cc1C(N)=NO. The van der Waals surface area contributed by atoms with Crippen LogP contribution < -0.4 is 10.6 Å². The second-order valence-electron chi connectivity index (χ2n) is 4.70. The van der Waals surface area contributed by atoms with Crippen molar-refractivity contribution in [3.8, 4) is 0 Å². The molecule has 0 amide bonds. The van der Waals surface area contributed by atoms with Gasteiger partial charge in [0.25, 0.3) is 0 Å². The molecule has 1 aliphatic rings. The van der Waals surface area contributed by atoms with Crippen LogP contribution in [0.2, 0.25) is 5.02 Å². The van der Waals surface area contributed by atoms with Gasteiger partial charge in [0.05, 0.1) is 0 Å². The highest BCUT2D eigenvalue weighted by atomic mass is 35.5. The molecule has 6 nitrogen and oxygen atoms in total. The van der Waals surface area contributed by atoms with Crippen LogP contribution >= 0.6 is 23.4 Å². The summed E-state index contributed by atoms with van der Waals surface area (Å²) in [5.74, 6) is 1.19. The number of halogens is 1. The first-order chi connectivity index (χ1) is 9.84. The van der Waals surface area contributed by atoms with Crippen LogP contribution in [0, 0.1) is 0 Å². The van der Waals surface area contributed by atoms with Crippen LogP contribution in [0.15, 0.2) is 23.4 Å². The fourth-order valence-electron chi connectivity index (χ4n) is 2.23. The lowest BCUT2D eigenvalue weighted by molar-refractivity contribution is 0.318. The Morgan fingerprint density at radius 2 is 2.29 bits per heavy atom. The van der Waals surface area contributed by atoms with Crippen molar-refractivity contribution in [2.24, 2.45) is 10.9 Å². The van der Waals surface area contributed by atoms with E-state index in [9.17, 15) is 8.42 Å². The van der Waals surface area contributed by atoms with Gasteiger partial charge in [0.2, 0.25) is 0 Å². The number of hydrogen-bond donors (Lipinski definition) is 2. The van der Waals surface area contributed by atoms with Gasteiger partial charge in [-0.05, 0) is 18.2 Å². The van der Waals surface area contributed by atoms with E-state index in [2.05, 4.69) is 5.16 Å². The lowest BCUT2D eigenvalue weighted by atomic mass is 10.1. The molecule has 1 atom stereocenters. The summed E-state index contributed by atoms with van der Waals surface area (Å²) in [4.78, 5) is 1.77. The van der Waals surface area contributed by atoms with Gasteiger partial charge in [-0.3, -0.25) is 0 Å². The summed E-state index contributed by atoms with van der Waals surface area (Å²) in [6.07, 6.45) is 1.22. The number of rotatable bonds is 3. The Balaban J connectivity index is 2.53. The van der Waals surface area contributed by atoms with Crippen LogP contribution in [0.4, 0.5) is 5.69 Å². The molecule has 1 aromatic rings. The van der Waals surface area contributed by atoms with Gasteiger partial charge in [0.1, 0.15) is 5.37 Å². The average molecular weight is 350 g/mol. The predicted molar refractivity (Wildman–Crippen MR) is 87.3 cm³/mol. The molecule has 1 fully saturated rings. The minimum absolute atomic E-state index is 0.0991. The number of benzene rings is 1. The van der Waals surface area contributed by atoms with E-state index < -0.39 is 15.2 Å². The van der Waals surface area contributed by atoms with E-state index >= 15 is 0 Å². The first kappa shape index (κ1) is 16.3. The second-order valence-corrected chi connectivity index (χ2v) is 8.49. The Kier molecular flexibility index (Phi) is 4.90. The average Bonchev–Trinajstić information content (AvgIpc) is 2.45. The van der Waals surface area contributed by atoms with Gasteiger partial charge in [0.15, 0.2) is 15.7 Å². The van der Waals surface area contributed by atoms with E-state index in [1.54, 1.807) is 34.9 Å². The molecule has 0 saturated carbocycles. The van der Waals surface area contributed by atoms with E-state index in [4.69, 9.17) is 22.5 Å². The van der Waals surface area contributed by atoms with Crippen molar-refractivity contribution in [2.45, 2.75) is 5.37 Å². The zero-order valence-corrected chi connectivity index (χ0v) is 13.7. The minimum Gasteiger partial charge on any atom is -0.409 e. The Morgan fingerprint density at radius 1 is 1.57 bits per heavy atom. The van der Waals surface area contributed by atoms with Crippen LogP contribution in [-0.2, 0) is 9.84 Å². The maximum Gasteiger partial charge on any atom is 0.172 e. The number of anilines is 1. The van der Waals surface area contributed by atoms with Crippen LogP contribution in [-0.4, -0.2) is 49.1 Å². The number of thioether (sulfide) groups is 1. The lowest BCUT2D eigenvalue weighted by Gasteiger charge is -2.36. The molecular formula is C12H16ClN3O3S2. The Labute approximate surface area is 132 Å². The van der Waals surface area contributed by atoms with Crippen LogP contribution in [0.25, 0.3) is 0 Å². The molecule has 9 heteroatoms. The summed E-state index contributed by atoms with van der Waals surface area (Å²) in [5.41, 5.74) is 6.71. The van der Waals surface area contributed by atoms with Crippen LogP contribution in [0.5, 0.6) is 0 Å². The predicted octanol–water partition coefficient (Wildman–Crippen LogP) is 1.36. The normalized spacial score (nSPS) is 20.6. The molecule has 0 aromatic heterocycles. The molecule has 1 saturated heterocycles. The van der Waals surface area contributed by atoms with Crippen molar-refractivity contribution in [1.82, 2.24) is 0 Å². The third-order valence-corrected chi connectivity index (χ3v) is 6.11. The molecule has 3 N–H and O–H groups in total. The largest absolute Gasteiger partial charge is 0.409 e. The summed E-state index contributed by atoms with van der Waals surface area (Å²) in [5, 5.41) is 11.7. The van der Waals surface area contributed by atoms with Crippen LogP contribution in [0.1, 0.15) is 5.56 Å². The van der Waals surface area contributed by atoms with Gasteiger partial charge in [-0.1, -0.05) is 16.8 Å². The topological polar surface area (TPSA) is 96.0 Å². The fourth-order valence-corrected chi connectivity index (χ4v) is 5.23. The highest BCUT2D eigenvalue weighted by Gasteiger charge is 2.32. The summed E-state index contributed by atoms with van der Waals surface area (Å²) >= 11 is 7.54. The fraction of sp³-hybridized carbons (Fsp3) is 0.417. The molecule has 0 bridgehead atoms. The van der Waals surface area contributed by atoms with E-state index in [1.165, 1.54) is 6.26 Å². The third kappa shape index (κ3) is 3.56. The number of oxime groups is 1. The van der Waals surface area contributed by atoms with Gasteiger partial charge in [-0.2, -0.15) is 11.8 Å². The lowest BCUT2D eigenvalue weighted by Crippen LogP contribution is -2.47. The smallest absolute Gasteiger partial charge is 0.172 e. The first-order valence-electron chi connectivity index (χ1n) is 6.15. The van der Waals surface area contributed by atoms with Crippen LogP contribution in [0.3, 0.4) is 0 Å². The number of sulfone groups is 1. The summed E-state index contributed by atoms with van der Waals surface area (Å²) in [7, 11) is -3.25. The zero-order chi connectivity index (χ0) is 15.6. The van der Waals surface area contributed by atoms with Crippen molar-refractivity contribution in [3.05, 3.63) is 28.8 Å². The summed E-state index contributed by atoms with van der Waals surface area (Å²) < 4.78 is 24.0. The van der Waals surface area contributed by atoms with Crippen molar-refractivity contribution in [2.75, 3.05) is 29.2 Å². The van der Waals surface area contributed by atoms with Gasteiger partial charge in [-0.15, -0.1) is 0 Å². The molecule has 1 aliphatic heterocycles. The highest BCUT2D eigenvalue weighted by molar-refractivity contribution is 8.01. The van der Waals surface area contributed by atoms with E-state index in [0.717, 1.165) is 5.75 Å². The minimum atomic E-state index is -3.25.